The van der Waals surface area contributed by atoms with Crippen LogP contribution in [0.2, 0.25) is 0 Å². The number of rotatable bonds is 14. The summed E-state index contributed by atoms with van der Waals surface area (Å²) in [5.74, 6) is 0.0963. The molecule has 8 nitrogen and oxygen atoms in total. The molecule has 1 atom stereocenters. The van der Waals surface area contributed by atoms with Crippen LogP contribution in [-0.4, -0.2) is 29.1 Å². The zero-order chi connectivity index (χ0) is 29.2. The molecule has 0 aliphatic rings. The predicted molar refractivity (Wildman–Crippen MR) is 154 cm³/mol. The number of aryl methyl sites for hydroxylation is 1. The Morgan fingerprint density at radius 1 is 1.15 bits per heavy atom. The van der Waals surface area contributed by atoms with Crippen LogP contribution in [0.3, 0.4) is 0 Å². The van der Waals surface area contributed by atoms with Crippen molar-refractivity contribution in [2.75, 3.05) is 7.11 Å². The zero-order valence-electron chi connectivity index (χ0n) is 24.4. The fraction of sp³-hybridized carbons (Fsp3) is 0.548. The molecule has 2 aromatic rings. The highest BCUT2D eigenvalue weighted by Crippen LogP contribution is 2.25. The number of nitrogens with zero attached hydrogens (tertiary/aromatic N) is 1. The van der Waals surface area contributed by atoms with Gasteiger partial charge in [0.05, 0.1) is 7.11 Å². The number of ketones is 1. The third-order valence-corrected chi connectivity index (χ3v) is 6.12. The second-order valence-electron chi connectivity index (χ2n) is 10.1. The van der Waals surface area contributed by atoms with E-state index in [-0.39, 0.29) is 23.7 Å². The molecule has 0 aliphatic heterocycles. The van der Waals surface area contributed by atoms with Crippen LogP contribution in [0, 0.1) is 5.92 Å². The largest absolute Gasteiger partial charge is 0.507 e. The zero-order valence-corrected chi connectivity index (χ0v) is 24.4. The van der Waals surface area contributed by atoms with Gasteiger partial charge in [0.25, 0.3) is 0 Å². The topological polar surface area (TPSA) is 119 Å². The fourth-order valence-corrected chi connectivity index (χ4v) is 3.86. The summed E-state index contributed by atoms with van der Waals surface area (Å²) in [4.78, 5) is 38.8. The predicted octanol–water partition coefficient (Wildman–Crippen LogP) is 7.09. The average molecular weight is 543 g/mol. The number of carbonyl (C=O) groups excluding carboxylic acids is 2. The molecule has 2 N–H and O–H groups in total. The van der Waals surface area contributed by atoms with Crippen LogP contribution in [0.15, 0.2) is 45.9 Å². The molecular formula is C31H46N2O6. The highest BCUT2D eigenvalue weighted by atomic mass is 16.5. The van der Waals surface area contributed by atoms with E-state index in [1.165, 1.54) is 56.3 Å². The fourth-order valence-electron chi connectivity index (χ4n) is 3.86. The summed E-state index contributed by atoms with van der Waals surface area (Å²) in [6.45, 7) is 10.2. The van der Waals surface area contributed by atoms with Crippen LogP contribution in [0.25, 0.3) is 0 Å². The lowest BCUT2D eigenvalue weighted by molar-refractivity contribution is 0.0980. The van der Waals surface area contributed by atoms with Crippen LogP contribution in [0.1, 0.15) is 113 Å². The Kier molecular flexibility index (Phi) is 16.2. The van der Waals surface area contributed by atoms with Gasteiger partial charge in [-0.05, 0) is 49.7 Å². The maximum absolute atomic E-state index is 11.8. The minimum atomic E-state index is -0.818. The number of alkyl carbamates (subject to hydrolysis) is 1. The molecule has 0 spiro atoms. The number of hydrogen-bond acceptors (Lipinski definition) is 7. The van der Waals surface area contributed by atoms with E-state index in [2.05, 4.69) is 54.1 Å². The van der Waals surface area contributed by atoms with Gasteiger partial charge in [-0.3, -0.25) is 15.1 Å². The van der Waals surface area contributed by atoms with Gasteiger partial charge in [-0.2, -0.15) is 0 Å². The molecule has 0 fully saturated rings. The number of ether oxygens (including phenoxy) is 1. The Morgan fingerprint density at radius 3 is 2.46 bits per heavy atom. The molecule has 2 heterocycles. The normalized spacial score (nSPS) is 11.7. The van der Waals surface area contributed by atoms with Crippen molar-refractivity contribution < 1.29 is 23.8 Å². The number of nitrogens with one attached hydrogen (secondary N) is 1. The number of allylic oxidation sites excluding steroid dienone is 1. The first-order valence-corrected chi connectivity index (χ1v) is 14.0. The highest BCUT2D eigenvalue weighted by molar-refractivity contribution is 5.97. The second kappa shape index (κ2) is 18.8. The van der Waals surface area contributed by atoms with Crippen LogP contribution in [0.4, 0.5) is 4.79 Å². The van der Waals surface area contributed by atoms with E-state index >= 15 is 0 Å². The second-order valence-corrected chi connectivity index (χ2v) is 10.1. The number of methoxy groups -OCH3 is 1. The van der Waals surface area contributed by atoms with E-state index in [4.69, 9.17) is 4.42 Å². The van der Waals surface area contributed by atoms with Crippen molar-refractivity contribution in [1.82, 2.24) is 10.3 Å². The number of unbranched alkanes of at least 4 members (excludes halogenated alkanes) is 3. The molecule has 0 bridgehead atoms. The molecule has 0 saturated carbocycles. The Morgan fingerprint density at radius 2 is 1.90 bits per heavy atom. The minimum Gasteiger partial charge on any atom is -0.507 e. The van der Waals surface area contributed by atoms with E-state index in [1.807, 2.05) is 6.92 Å². The molecule has 1 unspecified atom stereocenters. The smallest absolute Gasteiger partial charge is 0.410 e. The van der Waals surface area contributed by atoms with Crippen molar-refractivity contribution in [3.05, 3.63) is 69.7 Å². The summed E-state index contributed by atoms with van der Waals surface area (Å²) < 4.78 is 9.54. The molecule has 2 rings (SSSR count). The SMILES string of the molecule is CCC(=O)c1c(O)cc(C(C)CC/C=C/NC(=O)OC)oc1=O.CCCCCCc1ccc(CC(C)C)cn1. The van der Waals surface area contributed by atoms with Crippen molar-refractivity contribution >= 4 is 11.9 Å². The van der Waals surface area contributed by atoms with E-state index < -0.39 is 17.5 Å². The maximum atomic E-state index is 11.8. The standard InChI is InChI=1S/C16H21NO6.C15H25N/c1-4-11(18)14-12(19)9-13(23-15(14)20)10(2)7-5-6-8-17-16(21)22-3;1-4-5-6-7-8-15-10-9-14(12-16-15)11-13(2)3/h6,8-10,19H,4-5,7H2,1-3H3,(H,17,21);9-10,12-13H,4-8,11H2,1-3H3/b8-6+;. The van der Waals surface area contributed by atoms with Crippen LogP contribution >= 0.6 is 0 Å². The van der Waals surface area contributed by atoms with Gasteiger partial charge in [-0.1, -0.05) is 66.0 Å². The first kappa shape index (κ1) is 33.6. The van der Waals surface area contributed by atoms with Gasteiger partial charge in [-0.25, -0.2) is 9.59 Å². The number of hydrogen-bond donors (Lipinski definition) is 2. The summed E-state index contributed by atoms with van der Waals surface area (Å²) in [6, 6.07) is 5.75. The van der Waals surface area contributed by atoms with E-state index in [0.29, 0.717) is 18.6 Å². The van der Waals surface area contributed by atoms with Crippen molar-refractivity contribution in [3.8, 4) is 5.75 Å². The number of aromatic nitrogens is 1. The maximum Gasteiger partial charge on any atom is 0.410 e. The van der Waals surface area contributed by atoms with Gasteiger partial charge in [0.1, 0.15) is 17.1 Å². The molecule has 0 radical (unpaired) electrons. The van der Waals surface area contributed by atoms with Crippen molar-refractivity contribution in [3.63, 3.8) is 0 Å². The summed E-state index contributed by atoms with van der Waals surface area (Å²) in [5.41, 5.74) is 1.50. The van der Waals surface area contributed by atoms with E-state index in [1.54, 1.807) is 13.0 Å². The highest BCUT2D eigenvalue weighted by Gasteiger charge is 2.19. The molecule has 8 heteroatoms. The lowest BCUT2D eigenvalue weighted by Crippen LogP contribution is -2.16. The summed E-state index contributed by atoms with van der Waals surface area (Å²) in [7, 11) is 1.27. The Bertz CT molecular complexity index is 1090. The lowest BCUT2D eigenvalue weighted by atomic mass is 10.0. The van der Waals surface area contributed by atoms with Gasteiger partial charge >= 0.3 is 11.7 Å². The molecule has 0 aromatic carbocycles. The van der Waals surface area contributed by atoms with Crippen molar-refractivity contribution in [1.29, 1.82) is 0 Å². The minimum absolute atomic E-state index is 0.116. The third-order valence-electron chi connectivity index (χ3n) is 6.12. The Balaban J connectivity index is 0.000000416. The number of aromatic hydroxyl groups is 1. The summed E-state index contributed by atoms with van der Waals surface area (Å²) >= 11 is 0. The van der Waals surface area contributed by atoms with Crippen LogP contribution in [0.5, 0.6) is 5.75 Å². The van der Waals surface area contributed by atoms with E-state index in [0.717, 1.165) is 18.8 Å². The monoisotopic (exact) mass is 542 g/mol. The number of Topliss-reactive ketones (excluding diaryl/α,β-unsaturated/α-hetero) is 1. The Labute approximate surface area is 232 Å². The molecule has 0 saturated heterocycles. The first-order chi connectivity index (χ1) is 18.6. The van der Waals surface area contributed by atoms with Crippen molar-refractivity contribution in [2.24, 2.45) is 5.92 Å². The number of amides is 1. The molecule has 0 aliphatic carbocycles. The molecule has 39 heavy (non-hydrogen) atoms. The van der Waals surface area contributed by atoms with Gasteiger partial charge < -0.3 is 14.3 Å². The third kappa shape index (κ3) is 13.3. The van der Waals surface area contributed by atoms with Gasteiger partial charge in [0.15, 0.2) is 5.78 Å². The van der Waals surface area contributed by atoms with Gasteiger partial charge in [0.2, 0.25) is 0 Å². The van der Waals surface area contributed by atoms with Gasteiger partial charge in [-0.15, -0.1) is 0 Å². The van der Waals surface area contributed by atoms with E-state index in [9.17, 15) is 19.5 Å². The summed E-state index contributed by atoms with van der Waals surface area (Å²) in [5, 5.41) is 12.3. The molecule has 2 aromatic heterocycles. The Hall–Kier alpha value is -3.42. The van der Waals surface area contributed by atoms with Crippen LogP contribution < -0.4 is 10.9 Å². The first-order valence-electron chi connectivity index (χ1n) is 14.0. The van der Waals surface area contributed by atoms with Crippen molar-refractivity contribution in [2.45, 2.75) is 98.3 Å². The summed E-state index contributed by atoms with van der Waals surface area (Å²) in [6.07, 6.45) is 13.6. The lowest BCUT2D eigenvalue weighted by Gasteiger charge is -2.10. The van der Waals surface area contributed by atoms with Crippen LogP contribution in [-0.2, 0) is 17.6 Å². The average Bonchev–Trinajstić information content (AvgIpc) is 2.91. The molecular weight excluding hydrogens is 496 g/mol. The van der Waals surface area contributed by atoms with Gasteiger partial charge in [0, 0.05) is 36.5 Å². The number of pyridine rings is 1. The number of carbonyl (C=O) groups is 2. The molecule has 216 valence electrons. The molecule has 1 amide bonds. The quantitative estimate of drug-likeness (QED) is 0.193.